The quantitative estimate of drug-likeness (QED) is 0.734. The maximum absolute atomic E-state index is 11.4. The van der Waals surface area contributed by atoms with Gasteiger partial charge < -0.3 is 11.1 Å². The number of primary sulfonamides is 1. The van der Waals surface area contributed by atoms with Gasteiger partial charge in [-0.3, -0.25) is 0 Å². The molecule has 6 heteroatoms. The Balaban J connectivity index is 2.07. The topological polar surface area (TPSA) is 98.2 Å². The molecule has 0 fully saturated rings. The Morgan fingerprint density at radius 1 is 1.14 bits per heavy atom. The van der Waals surface area contributed by atoms with Crippen LogP contribution < -0.4 is 16.2 Å². The van der Waals surface area contributed by atoms with Gasteiger partial charge in [-0.25, -0.2) is 13.6 Å². The van der Waals surface area contributed by atoms with Crippen molar-refractivity contribution in [3.8, 4) is 0 Å². The number of rotatable bonds is 5. The first-order chi connectivity index (χ1) is 9.88. The van der Waals surface area contributed by atoms with Gasteiger partial charge in [0.05, 0.1) is 11.4 Å². The van der Waals surface area contributed by atoms with Crippen LogP contribution in [0.2, 0.25) is 0 Å². The van der Waals surface area contributed by atoms with Crippen LogP contribution in [-0.4, -0.2) is 15.0 Å². The van der Waals surface area contributed by atoms with Gasteiger partial charge in [0.15, 0.2) is 0 Å². The molecule has 0 unspecified atom stereocenters. The molecule has 0 bridgehead atoms. The second kappa shape index (κ2) is 6.15. The van der Waals surface area contributed by atoms with Gasteiger partial charge in [-0.2, -0.15) is 0 Å². The lowest BCUT2D eigenvalue weighted by molar-refractivity contribution is 0.598. The van der Waals surface area contributed by atoms with Gasteiger partial charge >= 0.3 is 0 Å². The van der Waals surface area contributed by atoms with E-state index in [4.69, 9.17) is 10.9 Å². The van der Waals surface area contributed by atoms with Crippen LogP contribution in [0.25, 0.3) is 0 Å². The molecule has 0 atom stereocenters. The Morgan fingerprint density at radius 3 is 2.52 bits per heavy atom. The lowest BCUT2D eigenvalue weighted by Crippen LogP contribution is -2.16. The molecular formula is C15H19N3O2S. The third-order valence-corrected chi connectivity index (χ3v) is 4.15. The normalized spacial score (nSPS) is 11.3. The largest absolute Gasteiger partial charge is 0.396 e. The van der Waals surface area contributed by atoms with Crippen LogP contribution >= 0.6 is 0 Å². The van der Waals surface area contributed by atoms with E-state index in [-0.39, 0.29) is 10.6 Å². The van der Waals surface area contributed by atoms with Gasteiger partial charge in [0, 0.05) is 6.54 Å². The predicted octanol–water partition coefficient (Wildman–Crippen LogP) is 1.88. The highest BCUT2D eigenvalue weighted by molar-refractivity contribution is 7.89. The highest BCUT2D eigenvalue weighted by Crippen LogP contribution is 2.25. The van der Waals surface area contributed by atoms with E-state index in [1.807, 2.05) is 19.1 Å². The Labute approximate surface area is 125 Å². The van der Waals surface area contributed by atoms with Gasteiger partial charge in [-0.15, -0.1) is 0 Å². The van der Waals surface area contributed by atoms with E-state index in [9.17, 15) is 8.42 Å². The Hall–Kier alpha value is -2.05. The molecule has 0 heterocycles. The lowest BCUT2D eigenvalue weighted by atomic mass is 10.1. The van der Waals surface area contributed by atoms with E-state index >= 15 is 0 Å². The molecule has 0 aliphatic carbocycles. The van der Waals surface area contributed by atoms with Crippen molar-refractivity contribution >= 4 is 21.4 Å². The maximum Gasteiger partial charge on any atom is 0.240 e. The second-order valence-electron chi connectivity index (χ2n) is 4.93. The number of benzene rings is 2. The third kappa shape index (κ3) is 3.96. The average Bonchev–Trinajstić information content (AvgIpc) is 2.39. The van der Waals surface area contributed by atoms with Crippen molar-refractivity contribution in [1.82, 2.24) is 0 Å². The SMILES string of the molecule is Cc1cccc(CCNc2cccc(S(N)(=O)=O)c2N)c1. The summed E-state index contributed by atoms with van der Waals surface area (Å²) in [5, 5.41) is 8.28. The smallest absolute Gasteiger partial charge is 0.240 e. The molecule has 0 amide bonds. The zero-order valence-electron chi connectivity index (χ0n) is 11.8. The summed E-state index contributed by atoms with van der Waals surface area (Å²) in [6.45, 7) is 2.70. The summed E-state index contributed by atoms with van der Waals surface area (Å²) in [5.74, 6) is 0. The molecule has 5 nitrogen and oxygen atoms in total. The molecule has 0 aromatic heterocycles. The van der Waals surface area contributed by atoms with Gasteiger partial charge in [-0.1, -0.05) is 35.9 Å². The van der Waals surface area contributed by atoms with E-state index in [2.05, 4.69) is 17.4 Å². The first-order valence-electron chi connectivity index (χ1n) is 6.58. The van der Waals surface area contributed by atoms with Crippen LogP contribution in [0.3, 0.4) is 0 Å². The summed E-state index contributed by atoms with van der Waals surface area (Å²) in [6.07, 6.45) is 0.820. The summed E-state index contributed by atoms with van der Waals surface area (Å²) < 4.78 is 22.8. The van der Waals surface area contributed by atoms with Crippen molar-refractivity contribution in [2.24, 2.45) is 5.14 Å². The van der Waals surface area contributed by atoms with Crippen LogP contribution in [-0.2, 0) is 16.4 Å². The fourth-order valence-corrected chi connectivity index (χ4v) is 2.84. The zero-order chi connectivity index (χ0) is 15.5. The molecule has 0 saturated heterocycles. The number of nitrogens with two attached hydrogens (primary N) is 2. The van der Waals surface area contributed by atoms with E-state index < -0.39 is 10.0 Å². The van der Waals surface area contributed by atoms with Crippen molar-refractivity contribution < 1.29 is 8.42 Å². The fraction of sp³-hybridized carbons (Fsp3) is 0.200. The summed E-state index contributed by atoms with van der Waals surface area (Å²) in [7, 11) is -3.80. The summed E-state index contributed by atoms with van der Waals surface area (Å²) in [4.78, 5) is -0.0527. The fourth-order valence-electron chi connectivity index (χ4n) is 2.16. The molecule has 0 spiro atoms. The predicted molar refractivity (Wildman–Crippen MR) is 85.6 cm³/mol. The van der Waals surface area contributed by atoms with Crippen molar-refractivity contribution in [2.45, 2.75) is 18.2 Å². The van der Waals surface area contributed by atoms with Crippen LogP contribution in [0.4, 0.5) is 11.4 Å². The monoisotopic (exact) mass is 305 g/mol. The molecule has 5 N–H and O–H groups in total. The second-order valence-corrected chi connectivity index (χ2v) is 6.46. The van der Waals surface area contributed by atoms with Gasteiger partial charge in [-0.05, 0) is 31.0 Å². The summed E-state index contributed by atoms with van der Waals surface area (Å²) >= 11 is 0. The Kier molecular flexibility index (Phi) is 4.50. The number of nitrogens with one attached hydrogen (secondary N) is 1. The summed E-state index contributed by atoms with van der Waals surface area (Å²) in [6, 6.07) is 13.0. The Morgan fingerprint density at radius 2 is 1.86 bits per heavy atom. The van der Waals surface area contributed by atoms with E-state index in [0.717, 1.165) is 6.42 Å². The minimum atomic E-state index is -3.80. The van der Waals surface area contributed by atoms with Crippen molar-refractivity contribution in [1.29, 1.82) is 0 Å². The molecular weight excluding hydrogens is 286 g/mol. The van der Waals surface area contributed by atoms with Gasteiger partial charge in [0.1, 0.15) is 4.90 Å². The van der Waals surface area contributed by atoms with Crippen molar-refractivity contribution in [3.63, 3.8) is 0 Å². The highest BCUT2D eigenvalue weighted by atomic mass is 32.2. The van der Waals surface area contributed by atoms with E-state index in [1.165, 1.54) is 17.2 Å². The number of hydrogen-bond acceptors (Lipinski definition) is 4. The van der Waals surface area contributed by atoms with E-state index in [0.29, 0.717) is 12.2 Å². The number of aryl methyl sites for hydroxylation is 1. The molecule has 2 rings (SSSR count). The van der Waals surface area contributed by atoms with Crippen LogP contribution in [0.15, 0.2) is 47.4 Å². The van der Waals surface area contributed by atoms with Crippen LogP contribution in [0.1, 0.15) is 11.1 Å². The van der Waals surface area contributed by atoms with Gasteiger partial charge in [0.25, 0.3) is 0 Å². The number of hydrogen-bond donors (Lipinski definition) is 3. The van der Waals surface area contributed by atoms with Crippen molar-refractivity contribution in [3.05, 3.63) is 53.6 Å². The number of nitrogen functional groups attached to an aromatic ring is 1. The molecule has 0 saturated carbocycles. The van der Waals surface area contributed by atoms with E-state index in [1.54, 1.807) is 12.1 Å². The number of anilines is 2. The molecule has 0 aliphatic rings. The molecule has 2 aromatic rings. The van der Waals surface area contributed by atoms with Crippen molar-refractivity contribution in [2.75, 3.05) is 17.6 Å². The highest BCUT2D eigenvalue weighted by Gasteiger charge is 2.14. The molecule has 0 radical (unpaired) electrons. The molecule has 112 valence electrons. The standard InChI is InChI=1S/C15H19N3O2S/c1-11-4-2-5-12(10-11)8-9-18-13-6-3-7-14(15(13)16)21(17,19)20/h2-7,10,18H,8-9,16H2,1H3,(H2,17,19,20). The first-order valence-corrected chi connectivity index (χ1v) is 8.13. The number of para-hydroxylation sites is 1. The van der Waals surface area contributed by atoms with Crippen LogP contribution in [0.5, 0.6) is 0 Å². The summed E-state index contributed by atoms with van der Waals surface area (Å²) in [5.41, 5.74) is 9.01. The molecule has 0 aliphatic heterocycles. The minimum Gasteiger partial charge on any atom is -0.396 e. The lowest BCUT2D eigenvalue weighted by Gasteiger charge is -2.12. The maximum atomic E-state index is 11.4. The Bertz CT molecular complexity index is 742. The van der Waals surface area contributed by atoms with Crippen LogP contribution in [0, 0.1) is 6.92 Å². The van der Waals surface area contributed by atoms with Gasteiger partial charge in [0.2, 0.25) is 10.0 Å². The zero-order valence-corrected chi connectivity index (χ0v) is 12.7. The third-order valence-electron chi connectivity index (χ3n) is 3.18. The minimum absolute atomic E-state index is 0.0527. The molecule has 2 aromatic carbocycles. The average molecular weight is 305 g/mol. The number of sulfonamides is 1. The first kappa shape index (κ1) is 15.3. The molecule has 21 heavy (non-hydrogen) atoms.